The van der Waals surface area contributed by atoms with Gasteiger partial charge in [-0.05, 0) is 49.3 Å². The monoisotopic (exact) mass is 438 g/mol. The maximum Gasteiger partial charge on any atom is 0.289 e. The summed E-state index contributed by atoms with van der Waals surface area (Å²) in [6.45, 7) is 7.48. The van der Waals surface area contributed by atoms with Gasteiger partial charge in [0.2, 0.25) is 0 Å². The van der Waals surface area contributed by atoms with Crippen molar-refractivity contribution in [3.05, 3.63) is 40.4 Å². The number of carbonyl (C=O) groups is 1. The van der Waals surface area contributed by atoms with E-state index in [2.05, 4.69) is 18.7 Å². The molecule has 5 rings (SSSR count). The molecule has 3 aromatic heterocycles. The molecule has 0 N–H and O–H groups in total. The lowest BCUT2D eigenvalue weighted by Crippen LogP contribution is -2.49. The second kappa shape index (κ2) is 8.61. The Balaban J connectivity index is 1.45. The molecule has 1 amide bonds. The Kier molecular flexibility index (Phi) is 5.69. The van der Waals surface area contributed by atoms with Crippen LogP contribution in [0, 0.1) is 5.92 Å². The summed E-state index contributed by atoms with van der Waals surface area (Å²) >= 11 is 1.88. The average molecular weight is 439 g/mol. The van der Waals surface area contributed by atoms with Gasteiger partial charge in [-0.15, -0.1) is 11.3 Å². The molecule has 7 heteroatoms. The predicted octanol–water partition coefficient (Wildman–Crippen LogP) is 4.71. The van der Waals surface area contributed by atoms with E-state index in [-0.39, 0.29) is 5.91 Å². The van der Waals surface area contributed by atoms with Crippen LogP contribution in [-0.2, 0) is 19.3 Å². The Labute approximate surface area is 187 Å². The van der Waals surface area contributed by atoms with Crippen LogP contribution in [0.15, 0.2) is 22.8 Å². The maximum absolute atomic E-state index is 12.7. The van der Waals surface area contributed by atoms with Crippen molar-refractivity contribution in [3.8, 4) is 0 Å². The zero-order chi connectivity index (χ0) is 21.4. The number of amides is 1. The van der Waals surface area contributed by atoms with E-state index in [1.807, 2.05) is 16.2 Å². The fraction of sp³-hybridized carbons (Fsp3) is 0.542. The Morgan fingerprint density at radius 1 is 1.26 bits per heavy atom. The molecular weight excluding hydrogens is 408 g/mol. The van der Waals surface area contributed by atoms with Gasteiger partial charge in [-0.2, -0.15) is 0 Å². The molecule has 0 radical (unpaired) electrons. The van der Waals surface area contributed by atoms with Crippen molar-refractivity contribution in [3.63, 3.8) is 0 Å². The molecule has 0 spiro atoms. The fourth-order valence-electron chi connectivity index (χ4n) is 4.72. The van der Waals surface area contributed by atoms with Crippen LogP contribution in [0.1, 0.15) is 59.9 Å². The third-order valence-corrected chi connectivity index (χ3v) is 7.68. The van der Waals surface area contributed by atoms with Crippen LogP contribution >= 0.6 is 11.3 Å². The molecule has 4 heterocycles. The Morgan fingerprint density at radius 3 is 2.84 bits per heavy atom. The van der Waals surface area contributed by atoms with E-state index in [9.17, 15) is 4.79 Å². The standard InChI is InChI=1S/C24H30N4O2S/c1-3-4-7-20-25-22(21-17-9-8-16(2)15-19(17)31-23(21)26-20)27-10-12-28(13-11-27)24(29)18-6-5-14-30-18/h5-6,14,16H,3-4,7-13,15H2,1-2H3/t16-/m0/s1. The van der Waals surface area contributed by atoms with Crippen molar-refractivity contribution in [2.75, 3.05) is 31.1 Å². The van der Waals surface area contributed by atoms with Crippen LogP contribution in [-0.4, -0.2) is 47.0 Å². The second-order valence-corrected chi connectivity index (χ2v) is 9.94. The zero-order valence-electron chi connectivity index (χ0n) is 18.4. The van der Waals surface area contributed by atoms with Gasteiger partial charge >= 0.3 is 0 Å². The number of aromatic nitrogens is 2. The van der Waals surface area contributed by atoms with Gasteiger partial charge in [-0.1, -0.05) is 20.3 Å². The number of fused-ring (bicyclic) bond motifs is 3. The first-order valence-corrected chi connectivity index (χ1v) is 12.3. The highest BCUT2D eigenvalue weighted by Gasteiger charge is 2.29. The van der Waals surface area contributed by atoms with Gasteiger partial charge in [0.25, 0.3) is 5.91 Å². The van der Waals surface area contributed by atoms with Gasteiger partial charge in [0.05, 0.1) is 11.6 Å². The zero-order valence-corrected chi connectivity index (χ0v) is 19.2. The smallest absolute Gasteiger partial charge is 0.289 e. The number of unbranched alkanes of at least 4 members (excludes halogenated alkanes) is 1. The van der Waals surface area contributed by atoms with Gasteiger partial charge in [-0.25, -0.2) is 9.97 Å². The van der Waals surface area contributed by atoms with E-state index in [4.69, 9.17) is 14.4 Å². The van der Waals surface area contributed by atoms with Crippen molar-refractivity contribution in [1.29, 1.82) is 0 Å². The quantitative estimate of drug-likeness (QED) is 0.577. The summed E-state index contributed by atoms with van der Waals surface area (Å²) < 4.78 is 5.31. The van der Waals surface area contributed by atoms with E-state index >= 15 is 0 Å². The van der Waals surface area contributed by atoms with Crippen LogP contribution in [0.5, 0.6) is 0 Å². The molecule has 0 saturated carbocycles. The molecule has 164 valence electrons. The minimum Gasteiger partial charge on any atom is -0.459 e. The number of aryl methyl sites for hydroxylation is 2. The summed E-state index contributed by atoms with van der Waals surface area (Å²) in [5.74, 6) is 3.19. The summed E-state index contributed by atoms with van der Waals surface area (Å²) in [7, 11) is 0. The highest BCUT2D eigenvalue weighted by Crippen LogP contribution is 2.41. The number of hydrogen-bond donors (Lipinski definition) is 0. The van der Waals surface area contributed by atoms with Crippen molar-refractivity contribution in [1.82, 2.24) is 14.9 Å². The lowest BCUT2D eigenvalue weighted by Gasteiger charge is -2.35. The summed E-state index contributed by atoms with van der Waals surface area (Å²) in [4.78, 5) is 29.6. The Hall–Kier alpha value is -2.41. The number of thiophene rings is 1. The third-order valence-electron chi connectivity index (χ3n) is 6.53. The predicted molar refractivity (Wildman–Crippen MR) is 124 cm³/mol. The molecular formula is C24H30N4O2S. The minimum atomic E-state index is -0.0250. The molecule has 1 fully saturated rings. The van der Waals surface area contributed by atoms with Crippen LogP contribution in [0.2, 0.25) is 0 Å². The van der Waals surface area contributed by atoms with E-state index in [0.29, 0.717) is 18.8 Å². The molecule has 2 aliphatic rings. The summed E-state index contributed by atoms with van der Waals surface area (Å²) in [6.07, 6.45) is 8.25. The van der Waals surface area contributed by atoms with Crippen molar-refractivity contribution in [2.45, 2.75) is 52.4 Å². The summed E-state index contributed by atoms with van der Waals surface area (Å²) in [5.41, 5.74) is 1.48. The van der Waals surface area contributed by atoms with Gasteiger partial charge in [-0.3, -0.25) is 4.79 Å². The van der Waals surface area contributed by atoms with Crippen LogP contribution in [0.3, 0.4) is 0 Å². The number of rotatable bonds is 5. The van der Waals surface area contributed by atoms with Crippen molar-refractivity contribution in [2.24, 2.45) is 5.92 Å². The number of carbonyl (C=O) groups excluding carboxylic acids is 1. The molecule has 0 bridgehead atoms. The Morgan fingerprint density at radius 2 is 2.10 bits per heavy atom. The number of furan rings is 1. The first kappa shape index (κ1) is 20.5. The highest BCUT2D eigenvalue weighted by molar-refractivity contribution is 7.19. The summed E-state index contributed by atoms with van der Waals surface area (Å²) in [5, 5.41) is 1.28. The third kappa shape index (κ3) is 3.95. The van der Waals surface area contributed by atoms with E-state index < -0.39 is 0 Å². The first-order chi connectivity index (χ1) is 15.1. The second-order valence-electron chi connectivity index (χ2n) is 8.86. The minimum absolute atomic E-state index is 0.0250. The Bertz CT molecular complexity index is 1070. The van der Waals surface area contributed by atoms with Gasteiger partial charge in [0.1, 0.15) is 16.5 Å². The summed E-state index contributed by atoms with van der Waals surface area (Å²) in [6, 6.07) is 3.50. The van der Waals surface area contributed by atoms with E-state index in [0.717, 1.165) is 67.6 Å². The molecule has 1 saturated heterocycles. The molecule has 3 aromatic rings. The molecule has 1 atom stereocenters. The van der Waals surface area contributed by atoms with Crippen molar-refractivity contribution < 1.29 is 9.21 Å². The number of nitrogens with zero attached hydrogens (tertiary/aromatic N) is 4. The lowest BCUT2D eigenvalue weighted by molar-refractivity contribution is 0.0714. The van der Waals surface area contributed by atoms with Crippen LogP contribution in [0.25, 0.3) is 10.2 Å². The van der Waals surface area contributed by atoms with Crippen LogP contribution in [0.4, 0.5) is 5.82 Å². The first-order valence-electron chi connectivity index (χ1n) is 11.5. The molecule has 0 unspecified atom stereocenters. The normalized spacial score (nSPS) is 19.1. The largest absolute Gasteiger partial charge is 0.459 e. The van der Waals surface area contributed by atoms with E-state index in [1.54, 1.807) is 18.4 Å². The van der Waals surface area contributed by atoms with Crippen LogP contribution < -0.4 is 4.90 Å². The average Bonchev–Trinajstić information content (AvgIpc) is 3.44. The van der Waals surface area contributed by atoms with E-state index in [1.165, 1.54) is 22.2 Å². The number of piperazine rings is 1. The molecule has 31 heavy (non-hydrogen) atoms. The van der Waals surface area contributed by atoms with Crippen molar-refractivity contribution >= 4 is 33.3 Å². The fourth-order valence-corrected chi connectivity index (χ4v) is 6.12. The SMILES string of the molecule is CCCCc1nc(N2CCN(C(=O)c3ccco3)CC2)c2c3c(sc2n1)C[C@@H](C)CC3. The molecule has 1 aliphatic heterocycles. The number of hydrogen-bond acceptors (Lipinski definition) is 6. The topological polar surface area (TPSA) is 62.5 Å². The lowest BCUT2D eigenvalue weighted by atomic mass is 9.89. The number of anilines is 1. The molecule has 1 aliphatic carbocycles. The molecule has 6 nitrogen and oxygen atoms in total. The maximum atomic E-state index is 12.7. The van der Waals surface area contributed by atoms with Gasteiger partial charge in [0.15, 0.2) is 5.76 Å². The van der Waals surface area contributed by atoms with Gasteiger partial charge in [0, 0.05) is 37.5 Å². The van der Waals surface area contributed by atoms with Gasteiger partial charge < -0.3 is 14.2 Å². The highest BCUT2D eigenvalue weighted by atomic mass is 32.1. The molecule has 0 aromatic carbocycles.